The predicted octanol–water partition coefficient (Wildman–Crippen LogP) is 7.46. The van der Waals surface area contributed by atoms with Crippen molar-refractivity contribution in [3.05, 3.63) is 114 Å². The lowest BCUT2D eigenvalue weighted by Gasteiger charge is -2.51. The molecule has 1 unspecified atom stereocenters. The summed E-state index contributed by atoms with van der Waals surface area (Å²) in [6, 6.07) is 31.5. The summed E-state index contributed by atoms with van der Waals surface area (Å²) in [6.45, 7) is 8.03. The lowest BCUT2D eigenvalue weighted by atomic mass is 9.65. The Morgan fingerprint density at radius 1 is 0.846 bits per heavy atom. The summed E-state index contributed by atoms with van der Waals surface area (Å²) in [7, 11) is 1.66. The zero-order valence-corrected chi connectivity index (χ0v) is 23.1. The maximum absolute atomic E-state index is 13.6. The van der Waals surface area contributed by atoms with Crippen molar-refractivity contribution in [3.8, 4) is 16.9 Å². The van der Waals surface area contributed by atoms with Crippen LogP contribution in [-0.4, -0.2) is 24.5 Å². The number of methoxy groups -OCH3 is 1. The summed E-state index contributed by atoms with van der Waals surface area (Å²) in [6.07, 6.45) is 0.715. The van der Waals surface area contributed by atoms with Crippen LogP contribution in [0.5, 0.6) is 5.75 Å². The number of hydrogen-bond acceptors (Lipinski definition) is 3. The summed E-state index contributed by atoms with van der Waals surface area (Å²) in [5.41, 5.74) is 5.32. The largest absolute Gasteiger partial charge is 0.497 e. The summed E-state index contributed by atoms with van der Waals surface area (Å²) in [5, 5.41) is 3.13. The minimum Gasteiger partial charge on any atom is -0.497 e. The Kier molecular flexibility index (Phi) is 6.77. The van der Waals surface area contributed by atoms with E-state index in [1.165, 1.54) is 0 Å². The van der Waals surface area contributed by atoms with Gasteiger partial charge >= 0.3 is 0 Å². The van der Waals surface area contributed by atoms with Gasteiger partial charge in [0.05, 0.1) is 7.11 Å². The van der Waals surface area contributed by atoms with E-state index in [0.717, 1.165) is 33.7 Å². The van der Waals surface area contributed by atoms with Gasteiger partial charge in [-0.3, -0.25) is 9.59 Å². The van der Waals surface area contributed by atoms with Crippen LogP contribution in [0, 0.1) is 0 Å². The molecule has 2 amide bonds. The van der Waals surface area contributed by atoms with Crippen molar-refractivity contribution in [1.82, 2.24) is 0 Å². The number of nitrogens with zero attached hydrogens (tertiary/aromatic N) is 1. The summed E-state index contributed by atoms with van der Waals surface area (Å²) in [5.74, 6) is 0.604. The number of hydrogen-bond donors (Lipinski definition) is 1. The topological polar surface area (TPSA) is 58.6 Å². The second-order valence-electron chi connectivity index (χ2n) is 11.0. The predicted molar refractivity (Wildman–Crippen MR) is 158 cm³/mol. The number of amides is 2. The minimum absolute atomic E-state index is 0.00777. The van der Waals surface area contributed by atoms with Crippen LogP contribution in [0.1, 0.15) is 55.6 Å². The average Bonchev–Trinajstić information content (AvgIpc) is 2.93. The fourth-order valence-electron chi connectivity index (χ4n) is 6.18. The maximum Gasteiger partial charge on any atom is 0.256 e. The average molecular weight is 519 g/mol. The third-order valence-electron chi connectivity index (χ3n) is 7.78. The standard InChI is InChI=1S/C34H34N2O3/c1-23(37)36-31-20-17-26(35-32(38)29-14-10-9-13-28(29)24-11-7-6-8-12-24)21-30(31)34(4,22-33(36,2)3)25-15-18-27(39-5)19-16-25/h6-21H,22H2,1-5H3,(H,35,38). The van der Waals surface area contributed by atoms with Crippen molar-refractivity contribution in [2.24, 2.45) is 0 Å². The van der Waals surface area contributed by atoms with Crippen molar-refractivity contribution >= 4 is 23.2 Å². The summed E-state index contributed by atoms with van der Waals surface area (Å²) in [4.78, 5) is 28.3. The Hall–Kier alpha value is -4.38. The molecule has 1 atom stereocenters. The first-order chi connectivity index (χ1) is 18.6. The summed E-state index contributed by atoms with van der Waals surface area (Å²) < 4.78 is 5.39. The van der Waals surface area contributed by atoms with Crippen LogP contribution in [0.3, 0.4) is 0 Å². The number of ether oxygens (including phenoxy) is 1. The molecule has 39 heavy (non-hydrogen) atoms. The lowest BCUT2D eigenvalue weighted by molar-refractivity contribution is -0.117. The Labute approximate surface area is 230 Å². The van der Waals surface area contributed by atoms with E-state index in [1.54, 1.807) is 14.0 Å². The monoisotopic (exact) mass is 518 g/mol. The van der Waals surface area contributed by atoms with E-state index in [2.05, 4.69) is 38.2 Å². The quantitative estimate of drug-likeness (QED) is 0.298. The Morgan fingerprint density at radius 3 is 2.18 bits per heavy atom. The van der Waals surface area contributed by atoms with Gasteiger partial charge in [-0.25, -0.2) is 0 Å². The Bertz CT molecular complexity index is 1530. The second-order valence-corrected chi connectivity index (χ2v) is 11.0. The molecular formula is C34H34N2O3. The maximum atomic E-state index is 13.6. The van der Waals surface area contributed by atoms with E-state index in [9.17, 15) is 9.59 Å². The lowest BCUT2D eigenvalue weighted by Crippen LogP contribution is -2.55. The normalized spacial score (nSPS) is 17.7. The molecule has 198 valence electrons. The third kappa shape index (κ3) is 4.81. The van der Waals surface area contributed by atoms with Crippen molar-refractivity contribution in [2.45, 2.75) is 45.1 Å². The number of benzene rings is 4. The molecule has 0 radical (unpaired) electrons. The van der Waals surface area contributed by atoms with Crippen molar-refractivity contribution < 1.29 is 14.3 Å². The molecule has 0 fully saturated rings. The van der Waals surface area contributed by atoms with Gasteiger partial charge in [-0.15, -0.1) is 0 Å². The van der Waals surface area contributed by atoms with Crippen LogP contribution in [-0.2, 0) is 10.2 Å². The van der Waals surface area contributed by atoms with Crippen molar-refractivity contribution in [1.29, 1.82) is 0 Å². The van der Waals surface area contributed by atoms with Gasteiger partial charge < -0.3 is 15.0 Å². The van der Waals surface area contributed by atoms with Crippen LogP contribution in [0.2, 0.25) is 0 Å². The van der Waals surface area contributed by atoms with Crippen LogP contribution in [0.25, 0.3) is 11.1 Å². The first kappa shape index (κ1) is 26.2. The molecule has 0 aromatic heterocycles. The fourth-order valence-corrected chi connectivity index (χ4v) is 6.18. The SMILES string of the molecule is COc1ccc(C2(C)CC(C)(C)N(C(C)=O)c3ccc(NC(=O)c4ccccc4-c4ccccc4)cc32)cc1. The number of fused-ring (bicyclic) bond motifs is 1. The number of rotatable bonds is 5. The van der Waals surface area contributed by atoms with Crippen LogP contribution < -0.4 is 15.0 Å². The number of nitrogens with one attached hydrogen (secondary N) is 1. The molecule has 4 aromatic rings. The van der Waals surface area contributed by atoms with Crippen molar-refractivity contribution in [3.63, 3.8) is 0 Å². The van der Waals surface area contributed by atoms with Gasteiger partial charge in [0.15, 0.2) is 0 Å². The molecule has 1 aliphatic heterocycles. The van der Waals surface area contributed by atoms with Gasteiger partial charge in [-0.2, -0.15) is 0 Å². The highest BCUT2D eigenvalue weighted by molar-refractivity contribution is 6.09. The van der Waals surface area contributed by atoms with Crippen molar-refractivity contribution in [2.75, 3.05) is 17.3 Å². The zero-order chi connectivity index (χ0) is 27.8. The van der Waals surface area contributed by atoms with Gasteiger partial charge in [-0.05, 0) is 78.9 Å². The van der Waals surface area contributed by atoms with Gasteiger partial charge in [0.25, 0.3) is 5.91 Å². The van der Waals surface area contributed by atoms with E-state index in [4.69, 9.17) is 4.74 Å². The Morgan fingerprint density at radius 2 is 1.51 bits per heavy atom. The van der Waals surface area contributed by atoms with Gasteiger partial charge in [-0.1, -0.05) is 67.6 Å². The first-order valence-corrected chi connectivity index (χ1v) is 13.2. The minimum atomic E-state index is -0.410. The molecule has 1 heterocycles. The summed E-state index contributed by atoms with van der Waals surface area (Å²) >= 11 is 0. The molecule has 0 aliphatic carbocycles. The highest BCUT2D eigenvalue weighted by Gasteiger charge is 2.47. The molecule has 4 aromatic carbocycles. The van der Waals surface area contributed by atoms with Gasteiger partial charge in [0.2, 0.25) is 5.91 Å². The molecule has 1 N–H and O–H groups in total. The highest BCUT2D eigenvalue weighted by Crippen LogP contribution is 2.51. The molecule has 0 saturated carbocycles. The highest BCUT2D eigenvalue weighted by atomic mass is 16.5. The Balaban J connectivity index is 1.58. The molecule has 0 saturated heterocycles. The first-order valence-electron chi connectivity index (χ1n) is 13.2. The smallest absolute Gasteiger partial charge is 0.256 e. The molecule has 5 rings (SSSR count). The van der Waals surface area contributed by atoms with E-state index in [-0.39, 0.29) is 11.8 Å². The van der Waals surface area contributed by atoms with Gasteiger partial charge in [0.1, 0.15) is 5.75 Å². The molecule has 5 heteroatoms. The molecule has 0 bridgehead atoms. The van der Waals surface area contributed by atoms with Crippen LogP contribution in [0.4, 0.5) is 11.4 Å². The van der Waals surface area contributed by atoms with E-state index in [0.29, 0.717) is 17.7 Å². The number of anilines is 2. The van der Waals surface area contributed by atoms with Gasteiger partial charge in [0, 0.05) is 34.8 Å². The number of carbonyl (C=O) groups is 2. The fraction of sp³-hybridized carbons (Fsp3) is 0.235. The van der Waals surface area contributed by atoms with E-state index in [1.807, 2.05) is 89.8 Å². The van der Waals surface area contributed by atoms with Crippen LogP contribution in [0.15, 0.2) is 97.1 Å². The molecule has 5 nitrogen and oxygen atoms in total. The molecular weight excluding hydrogens is 484 g/mol. The number of carbonyl (C=O) groups excluding carboxylic acids is 2. The van der Waals surface area contributed by atoms with E-state index < -0.39 is 11.0 Å². The van der Waals surface area contributed by atoms with E-state index >= 15 is 0 Å². The molecule has 1 aliphatic rings. The zero-order valence-electron chi connectivity index (χ0n) is 23.1. The second kappa shape index (κ2) is 10.1. The third-order valence-corrected chi connectivity index (χ3v) is 7.78. The van der Waals surface area contributed by atoms with Crippen LogP contribution >= 0.6 is 0 Å². The molecule has 0 spiro atoms.